The van der Waals surface area contributed by atoms with Crippen molar-refractivity contribution < 1.29 is 22.9 Å². The van der Waals surface area contributed by atoms with E-state index in [1.807, 2.05) is 13.8 Å². The zero-order valence-electron chi connectivity index (χ0n) is 14.9. The monoisotopic (exact) mass is 359 g/mol. The minimum atomic E-state index is -3.08. The number of alkyl halides is 2. The molecule has 0 aliphatic rings. The van der Waals surface area contributed by atoms with E-state index in [0.717, 1.165) is 0 Å². The summed E-state index contributed by atoms with van der Waals surface area (Å²) in [5.41, 5.74) is 7.63. The Morgan fingerprint density at radius 1 is 1.32 bits per heavy atom. The molecule has 7 nitrogen and oxygen atoms in total. The van der Waals surface area contributed by atoms with Crippen LogP contribution in [0.25, 0.3) is 5.73 Å². The molecule has 0 fully saturated rings. The van der Waals surface area contributed by atoms with E-state index >= 15 is 0 Å². The largest absolute Gasteiger partial charge is 0.667 e. The van der Waals surface area contributed by atoms with Gasteiger partial charge in [-0.3, -0.25) is 9.59 Å². The molecule has 2 atom stereocenters. The standard InChI is InChI=1S/C16H25F2N4O3/c1-5-7-16(17,18)8-10(19)14(24)20-11(6-2)12(23)15-21-13(9(3)4)22-25-15/h9-11,19H,5-8H2,1-4H3,(H,20,24)/q-1/t10-,11-/m0/s1. The number of aromatic nitrogens is 2. The number of carbonyl (C=O) groups is 2. The topological polar surface area (TPSA) is 109 Å². The highest BCUT2D eigenvalue weighted by Crippen LogP contribution is 2.27. The average Bonchev–Trinajstić information content (AvgIpc) is 3.01. The summed E-state index contributed by atoms with van der Waals surface area (Å²) in [4.78, 5) is 28.3. The van der Waals surface area contributed by atoms with Crippen molar-refractivity contribution in [3.05, 3.63) is 17.4 Å². The van der Waals surface area contributed by atoms with Crippen LogP contribution < -0.4 is 5.32 Å². The molecular weight excluding hydrogens is 334 g/mol. The number of rotatable bonds is 10. The van der Waals surface area contributed by atoms with E-state index in [9.17, 15) is 18.4 Å². The van der Waals surface area contributed by atoms with Gasteiger partial charge in [-0.1, -0.05) is 45.3 Å². The normalized spacial score (nSPS) is 14.4. The summed E-state index contributed by atoms with van der Waals surface area (Å²) >= 11 is 0. The van der Waals surface area contributed by atoms with Gasteiger partial charge in [0.25, 0.3) is 5.89 Å². The molecule has 1 heterocycles. The summed E-state index contributed by atoms with van der Waals surface area (Å²) in [5.74, 6) is -4.50. The van der Waals surface area contributed by atoms with Crippen molar-refractivity contribution in [2.24, 2.45) is 0 Å². The van der Waals surface area contributed by atoms with Gasteiger partial charge in [-0.05, 0) is 6.42 Å². The molecule has 0 saturated heterocycles. The summed E-state index contributed by atoms with van der Waals surface area (Å²) < 4.78 is 32.0. The summed E-state index contributed by atoms with van der Waals surface area (Å²) in [6, 6.07) is -2.65. The van der Waals surface area contributed by atoms with Crippen molar-refractivity contribution in [3.63, 3.8) is 0 Å². The first-order chi connectivity index (χ1) is 11.6. The highest BCUT2D eigenvalue weighted by molar-refractivity contribution is 5.99. The Morgan fingerprint density at radius 3 is 2.44 bits per heavy atom. The van der Waals surface area contributed by atoms with Gasteiger partial charge in [-0.15, -0.1) is 0 Å². The Balaban J connectivity index is 2.73. The Bertz CT molecular complexity index is 590. The molecule has 0 saturated carbocycles. The fourth-order valence-electron chi connectivity index (χ4n) is 2.20. The number of hydrogen-bond donors (Lipinski definition) is 1. The zero-order valence-corrected chi connectivity index (χ0v) is 14.9. The maximum atomic E-state index is 13.6. The predicted molar refractivity (Wildman–Crippen MR) is 87.5 cm³/mol. The lowest BCUT2D eigenvalue weighted by Crippen LogP contribution is -2.45. The van der Waals surface area contributed by atoms with Crippen molar-refractivity contribution in [1.29, 1.82) is 0 Å². The molecule has 2 N–H and O–H groups in total. The lowest BCUT2D eigenvalue weighted by molar-refractivity contribution is -0.124. The van der Waals surface area contributed by atoms with Crippen LogP contribution in [0.2, 0.25) is 0 Å². The van der Waals surface area contributed by atoms with E-state index in [4.69, 9.17) is 10.3 Å². The van der Waals surface area contributed by atoms with Gasteiger partial charge in [0, 0.05) is 18.8 Å². The van der Waals surface area contributed by atoms with Crippen molar-refractivity contribution >= 4 is 11.7 Å². The third-order valence-electron chi connectivity index (χ3n) is 3.65. The first-order valence-electron chi connectivity index (χ1n) is 8.38. The molecule has 1 amide bonds. The number of amides is 1. The van der Waals surface area contributed by atoms with Gasteiger partial charge in [0.1, 0.15) is 0 Å². The maximum absolute atomic E-state index is 13.6. The van der Waals surface area contributed by atoms with Gasteiger partial charge in [-0.2, -0.15) is 4.98 Å². The van der Waals surface area contributed by atoms with Gasteiger partial charge in [0.05, 0.1) is 6.04 Å². The highest BCUT2D eigenvalue weighted by atomic mass is 19.3. The Hall–Kier alpha value is -1.90. The van der Waals surface area contributed by atoms with Crippen LogP contribution in [0.5, 0.6) is 0 Å². The lowest BCUT2D eigenvalue weighted by Gasteiger charge is -2.26. The molecule has 0 aromatic carbocycles. The van der Waals surface area contributed by atoms with Crippen LogP contribution in [-0.4, -0.2) is 39.8 Å². The molecule has 9 heteroatoms. The fraction of sp³-hybridized carbons (Fsp3) is 0.750. The molecule has 1 aromatic rings. The highest BCUT2D eigenvalue weighted by Gasteiger charge is 2.32. The summed E-state index contributed by atoms with van der Waals surface area (Å²) in [7, 11) is 0. The second-order valence-electron chi connectivity index (χ2n) is 6.31. The second kappa shape index (κ2) is 8.98. The van der Waals surface area contributed by atoms with Crippen LogP contribution in [0.15, 0.2) is 4.52 Å². The molecule has 0 aliphatic heterocycles. The number of halogens is 2. The van der Waals surface area contributed by atoms with Crippen LogP contribution >= 0.6 is 0 Å². The molecule has 1 rings (SSSR count). The van der Waals surface area contributed by atoms with Crippen LogP contribution in [0.4, 0.5) is 8.78 Å². The molecule has 25 heavy (non-hydrogen) atoms. The lowest BCUT2D eigenvalue weighted by atomic mass is 10.0. The van der Waals surface area contributed by atoms with Gasteiger partial charge in [-0.25, -0.2) is 8.78 Å². The predicted octanol–water partition coefficient (Wildman–Crippen LogP) is 3.52. The minimum Gasteiger partial charge on any atom is -0.667 e. The van der Waals surface area contributed by atoms with Crippen LogP contribution in [-0.2, 0) is 4.79 Å². The molecule has 0 bridgehead atoms. The fourth-order valence-corrected chi connectivity index (χ4v) is 2.20. The van der Waals surface area contributed by atoms with E-state index in [1.54, 1.807) is 13.8 Å². The Labute approximate surface area is 145 Å². The van der Waals surface area contributed by atoms with Gasteiger partial charge in [0.15, 0.2) is 5.82 Å². The van der Waals surface area contributed by atoms with Crippen molar-refractivity contribution in [2.45, 2.75) is 77.3 Å². The molecule has 0 aliphatic carbocycles. The van der Waals surface area contributed by atoms with E-state index in [1.165, 1.54) is 0 Å². The third kappa shape index (κ3) is 6.15. The zero-order chi connectivity index (χ0) is 19.2. The van der Waals surface area contributed by atoms with Crippen molar-refractivity contribution in [2.75, 3.05) is 0 Å². The molecule has 0 radical (unpaired) electrons. The van der Waals surface area contributed by atoms with Gasteiger partial charge >= 0.3 is 0 Å². The quantitative estimate of drug-likeness (QED) is 0.643. The Morgan fingerprint density at radius 2 is 1.96 bits per heavy atom. The van der Waals surface area contributed by atoms with Gasteiger partial charge < -0.3 is 15.6 Å². The molecule has 142 valence electrons. The summed E-state index contributed by atoms with van der Waals surface area (Å²) in [6.45, 7) is 6.92. The first-order valence-corrected chi connectivity index (χ1v) is 8.38. The first kappa shape index (κ1) is 21.1. The number of ketones is 1. The summed E-state index contributed by atoms with van der Waals surface area (Å²) in [5, 5.41) is 6.01. The van der Waals surface area contributed by atoms with Crippen LogP contribution in [0.1, 0.15) is 75.8 Å². The van der Waals surface area contributed by atoms with Crippen LogP contribution in [0.3, 0.4) is 0 Å². The van der Waals surface area contributed by atoms with Gasteiger partial charge in [0.2, 0.25) is 17.6 Å². The number of nitrogens with one attached hydrogen (secondary N) is 2. The van der Waals surface area contributed by atoms with E-state index in [2.05, 4.69) is 15.5 Å². The average molecular weight is 359 g/mol. The number of hydrogen-bond acceptors (Lipinski definition) is 5. The van der Waals surface area contributed by atoms with Crippen molar-refractivity contribution in [3.8, 4) is 0 Å². The van der Waals surface area contributed by atoms with Crippen LogP contribution in [0, 0.1) is 0 Å². The smallest absolute Gasteiger partial charge is 0.296 e. The molecule has 0 unspecified atom stereocenters. The van der Waals surface area contributed by atoms with Crippen molar-refractivity contribution in [1.82, 2.24) is 15.5 Å². The molecular formula is C16H25F2N4O3-. The summed E-state index contributed by atoms with van der Waals surface area (Å²) in [6.07, 6.45) is -0.796. The second-order valence-corrected chi connectivity index (χ2v) is 6.31. The van der Waals surface area contributed by atoms with E-state index < -0.39 is 36.1 Å². The Kier molecular flexibility index (Phi) is 7.60. The SMILES string of the molecule is CCCC(F)(F)C[C@H]([NH-])C(=O)N[C@@H](CC)C(=O)c1nc(C(C)C)no1. The molecule has 1 aromatic heterocycles. The van der Waals surface area contributed by atoms with E-state index in [-0.39, 0.29) is 31.1 Å². The number of nitrogens with zero attached hydrogens (tertiary/aromatic N) is 2. The molecule has 0 spiro atoms. The third-order valence-corrected chi connectivity index (χ3v) is 3.65. The minimum absolute atomic E-state index is 0.0293. The maximum Gasteiger partial charge on any atom is 0.296 e. The number of Topliss-reactive ketones (excluding diaryl/α,β-unsaturated/α-hetero) is 1. The number of carbonyl (C=O) groups excluding carboxylic acids is 2. The van der Waals surface area contributed by atoms with E-state index in [0.29, 0.717) is 5.82 Å².